The Hall–Kier alpha value is 0.0700. The molecular weight excluding hydrogens is 246 g/mol. The van der Waals surface area contributed by atoms with Gasteiger partial charge in [-0.2, -0.15) is 0 Å². The van der Waals surface area contributed by atoms with Gasteiger partial charge in [0.25, 0.3) is 0 Å². The van der Waals surface area contributed by atoms with Crippen LogP contribution in [0.2, 0.25) is 0 Å². The van der Waals surface area contributed by atoms with Crippen molar-refractivity contribution in [3.05, 3.63) is 0 Å². The number of nitrogens with one attached hydrogen (secondary N) is 1. The molecule has 0 radical (unpaired) electrons. The zero-order valence-corrected chi connectivity index (χ0v) is 12.7. The van der Waals surface area contributed by atoms with Gasteiger partial charge in [-0.25, -0.2) is 0 Å². The van der Waals surface area contributed by atoms with Gasteiger partial charge in [-0.05, 0) is 33.1 Å². The molecule has 3 nitrogen and oxygen atoms in total. The van der Waals surface area contributed by atoms with Crippen LogP contribution < -0.4 is 5.32 Å². The Balaban J connectivity index is 1.91. The van der Waals surface area contributed by atoms with Crippen LogP contribution in [0.5, 0.6) is 0 Å². The van der Waals surface area contributed by atoms with Crippen molar-refractivity contribution in [3.8, 4) is 0 Å². The van der Waals surface area contributed by atoms with Gasteiger partial charge in [0, 0.05) is 46.9 Å². The van der Waals surface area contributed by atoms with E-state index >= 15 is 0 Å². The average Bonchev–Trinajstić information content (AvgIpc) is 2.78. The zero-order chi connectivity index (χ0) is 13.2. The first-order valence-electron chi connectivity index (χ1n) is 7.26. The number of hydrogen-bond donors (Lipinski definition) is 1. The summed E-state index contributed by atoms with van der Waals surface area (Å²) in [6.07, 6.45) is 8.67. The maximum atomic E-state index is 11.3. The summed E-state index contributed by atoms with van der Waals surface area (Å²) in [6, 6.07) is 0.927. The predicted molar refractivity (Wildman–Crippen MR) is 76.3 cm³/mol. The monoisotopic (exact) mass is 273 g/mol. The van der Waals surface area contributed by atoms with E-state index in [9.17, 15) is 4.21 Å². The highest BCUT2D eigenvalue weighted by molar-refractivity contribution is 7.84. The van der Waals surface area contributed by atoms with Crippen LogP contribution in [-0.4, -0.2) is 41.0 Å². The van der Waals surface area contributed by atoms with Crippen molar-refractivity contribution >= 4 is 10.8 Å². The van der Waals surface area contributed by atoms with E-state index in [2.05, 4.69) is 19.2 Å². The van der Waals surface area contributed by atoms with E-state index in [1.54, 1.807) is 6.26 Å². The molecule has 0 amide bonds. The standard InChI is InChI=1S/C14H27NO2S/c1-4-17-13-9-12(14(13)7-5-6-8-14)15-11(2)10-18(3)16/h11-13,15H,4-10H2,1-3H3. The molecule has 18 heavy (non-hydrogen) atoms. The summed E-state index contributed by atoms with van der Waals surface area (Å²) in [5.41, 5.74) is 0.388. The lowest BCUT2D eigenvalue weighted by Gasteiger charge is -2.55. The fourth-order valence-corrected chi connectivity index (χ4v) is 4.66. The minimum absolute atomic E-state index is 0.348. The Morgan fingerprint density at radius 1 is 1.44 bits per heavy atom. The van der Waals surface area contributed by atoms with Crippen LogP contribution in [0.4, 0.5) is 0 Å². The predicted octanol–water partition coefficient (Wildman–Crippen LogP) is 2.08. The van der Waals surface area contributed by atoms with E-state index in [-0.39, 0.29) is 0 Å². The molecule has 0 aromatic heterocycles. The molecule has 2 fully saturated rings. The second-order valence-corrected chi connectivity index (χ2v) is 7.46. The highest BCUT2D eigenvalue weighted by Gasteiger charge is 2.56. The van der Waals surface area contributed by atoms with Crippen LogP contribution in [0.1, 0.15) is 46.0 Å². The first-order valence-corrected chi connectivity index (χ1v) is 8.99. The van der Waals surface area contributed by atoms with Gasteiger partial charge in [0.2, 0.25) is 0 Å². The van der Waals surface area contributed by atoms with Gasteiger partial charge in [-0.15, -0.1) is 0 Å². The minimum atomic E-state index is -0.709. The van der Waals surface area contributed by atoms with Crippen molar-refractivity contribution < 1.29 is 8.95 Å². The van der Waals surface area contributed by atoms with Crippen molar-refractivity contribution in [3.63, 3.8) is 0 Å². The number of hydrogen-bond acceptors (Lipinski definition) is 3. The molecule has 0 saturated heterocycles. The third kappa shape index (κ3) is 2.81. The van der Waals surface area contributed by atoms with E-state index in [0.29, 0.717) is 23.6 Å². The lowest BCUT2D eigenvalue weighted by atomic mass is 9.60. The summed E-state index contributed by atoms with van der Waals surface area (Å²) in [4.78, 5) is 0. The van der Waals surface area contributed by atoms with Crippen LogP contribution in [-0.2, 0) is 15.5 Å². The molecule has 4 unspecified atom stereocenters. The Morgan fingerprint density at radius 3 is 2.67 bits per heavy atom. The molecule has 0 bridgehead atoms. The van der Waals surface area contributed by atoms with Gasteiger partial charge in [0.1, 0.15) is 0 Å². The Labute approximate surface area is 114 Å². The average molecular weight is 273 g/mol. The molecule has 106 valence electrons. The van der Waals surface area contributed by atoms with Crippen LogP contribution in [0.3, 0.4) is 0 Å². The highest BCUT2D eigenvalue weighted by atomic mass is 32.2. The van der Waals surface area contributed by atoms with Gasteiger partial charge < -0.3 is 10.1 Å². The SMILES string of the molecule is CCOC1CC(NC(C)CS(C)=O)C12CCCC2. The molecule has 1 spiro atoms. The first kappa shape index (κ1) is 14.5. The fraction of sp³-hybridized carbons (Fsp3) is 1.00. The van der Waals surface area contributed by atoms with E-state index in [1.807, 2.05) is 0 Å². The van der Waals surface area contributed by atoms with Gasteiger partial charge in [0.05, 0.1) is 6.10 Å². The fourth-order valence-electron chi connectivity index (χ4n) is 3.86. The van der Waals surface area contributed by atoms with Crippen molar-refractivity contribution in [1.29, 1.82) is 0 Å². The molecule has 2 rings (SSSR count). The largest absolute Gasteiger partial charge is 0.378 e. The van der Waals surface area contributed by atoms with E-state index in [1.165, 1.54) is 25.7 Å². The zero-order valence-electron chi connectivity index (χ0n) is 11.9. The summed E-state index contributed by atoms with van der Waals surface area (Å²) in [6.45, 7) is 5.07. The van der Waals surface area contributed by atoms with Gasteiger partial charge in [-0.1, -0.05) is 12.8 Å². The number of rotatable bonds is 6. The molecule has 1 N–H and O–H groups in total. The van der Waals surface area contributed by atoms with Crippen LogP contribution in [0.15, 0.2) is 0 Å². The van der Waals surface area contributed by atoms with Crippen molar-refractivity contribution in [2.45, 2.75) is 64.1 Å². The molecule has 0 aromatic rings. The van der Waals surface area contributed by atoms with E-state index < -0.39 is 10.8 Å². The molecule has 2 saturated carbocycles. The maximum absolute atomic E-state index is 11.3. The summed E-state index contributed by atoms with van der Waals surface area (Å²) in [7, 11) is -0.709. The van der Waals surface area contributed by atoms with Gasteiger partial charge in [0.15, 0.2) is 0 Å². The normalized spacial score (nSPS) is 33.3. The molecule has 0 aromatic carbocycles. The van der Waals surface area contributed by atoms with Crippen molar-refractivity contribution in [2.75, 3.05) is 18.6 Å². The molecule has 4 atom stereocenters. The third-order valence-electron chi connectivity index (χ3n) is 4.66. The third-order valence-corrected chi connectivity index (χ3v) is 5.63. The minimum Gasteiger partial charge on any atom is -0.378 e. The van der Waals surface area contributed by atoms with Crippen LogP contribution in [0.25, 0.3) is 0 Å². The summed E-state index contributed by atoms with van der Waals surface area (Å²) in [5.74, 6) is 0.756. The van der Waals surface area contributed by atoms with Crippen LogP contribution in [0, 0.1) is 5.41 Å². The summed E-state index contributed by atoms with van der Waals surface area (Å²) < 4.78 is 17.2. The second-order valence-electron chi connectivity index (χ2n) is 5.98. The maximum Gasteiger partial charge on any atom is 0.0661 e. The smallest absolute Gasteiger partial charge is 0.0661 e. The highest BCUT2D eigenvalue weighted by Crippen LogP contribution is 2.54. The molecular formula is C14H27NO2S. The second kappa shape index (κ2) is 6.02. The lowest BCUT2D eigenvalue weighted by molar-refractivity contribution is -0.131. The number of ether oxygens (including phenoxy) is 1. The van der Waals surface area contributed by atoms with Gasteiger partial charge in [-0.3, -0.25) is 4.21 Å². The van der Waals surface area contributed by atoms with Crippen LogP contribution >= 0.6 is 0 Å². The first-order chi connectivity index (χ1) is 8.58. The van der Waals surface area contributed by atoms with Crippen molar-refractivity contribution in [1.82, 2.24) is 5.32 Å². The van der Waals surface area contributed by atoms with Crippen molar-refractivity contribution in [2.24, 2.45) is 5.41 Å². The summed E-state index contributed by atoms with van der Waals surface area (Å²) in [5, 5.41) is 3.70. The quantitative estimate of drug-likeness (QED) is 0.805. The Morgan fingerprint density at radius 2 is 2.11 bits per heavy atom. The van der Waals surface area contributed by atoms with E-state index in [0.717, 1.165) is 18.8 Å². The summed E-state index contributed by atoms with van der Waals surface area (Å²) >= 11 is 0. The molecule has 2 aliphatic carbocycles. The molecule has 0 aliphatic heterocycles. The molecule has 4 heteroatoms. The van der Waals surface area contributed by atoms with Gasteiger partial charge >= 0.3 is 0 Å². The Kier molecular flexibility index (Phi) is 4.84. The topological polar surface area (TPSA) is 38.3 Å². The molecule has 2 aliphatic rings. The van der Waals surface area contributed by atoms with E-state index in [4.69, 9.17) is 4.74 Å². The lowest BCUT2D eigenvalue weighted by Crippen LogP contribution is -2.64. The molecule has 0 heterocycles. The Bertz CT molecular complexity index is 302.